The summed E-state index contributed by atoms with van der Waals surface area (Å²) in [6.07, 6.45) is 4.36. The Morgan fingerprint density at radius 1 is 1.37 bits per heavy atom. The predicted octanol–water partition coefficient (Wildman–Crippen LogP) is 2.76. The second-order valence-electron chi connectivity index (χ2n) is 5.84. The van der Waals surface area contributed by atoms with Gasteiger partial charge in [0.1, 0.15) is 6.17 Å². The zero-order chi connectivity index (χ0) is 13.5. The molecule has 0 radical (unpaired) electrons. The first-order chi connectivity index (χ1) is 9.16. The van der Waals surface area contributed by atoms with Gasteiger partial charge in [-0.2, -0.15) is 0 Å². The molecule has 19 heavy (non-hydrogen) atoms. The van der Waals surface area contributed by atoms with Gasteiger partial charge in [0.25, 0.3) is 0 Å². The van der Waals surface area contributed by atoms with E-state index in [9.17, 15) is 4.79 Å². The molecule has 3 nitrogen and oxygen atoms in total. The van der Waals surface area contributed by atoms with Gasteiger partial charge in [0, 0.05) is 6.54 Å². The molecule has 102 valence electrons. The Balaban J connectivity index is 1.95. The SMILES string of the molecule is CCN1C(=O)C2(CCCC2)NC1c1cccc(C)c1. The van der Waals surface area contributed by atoms with E-state index < -0.39 is 0 Å². The fraction of sp³-hybridized carbons (Fsp3) is 0.562. The Morgan fingerprint density at radius 3 is 2.74 bits per heavy atom. The minimum Gasteiger partial charge on any atom is -0.322 e. The van der Waals surface area contributed by atoms with Crippen molar-refractivity contribution in [3.05, 3.63) is 35.4 Å². The van der Waals surface area contributed by atoms with Gasteiger partial charge in [0.05, 0.1) is 5.54 Å². The third-order valence-electron chi connectivity index (χ3n) is 4.55. The van der Waals surface area contributed by atoms with Gasteiger partial charge in [-0.1, -0.05) is 42.7 Å². The second kappa shape index (κ2) is 4.64. The average molecular weight is 258 g/mol. The molecule has 0 aromatic heterocycles. The lowest BCUT2D eigenvalue weighted by Gasteiger charge is -2.23. The van der Waals surface area contributed by atoms with Crippen LogP contribution in [0.1, 0.15) is 49.9 Å². The average Bonchev–Trinajstić information content (AvgIpc) is 2.98. The molecular weight excluding hydrogens is 236 g/mol. The molecule has 1 unspecified atom stereocenters. The number of carbonyl (C=O) groups excluding carboxylic acids is 1. The van der Waals surface area contributed by atoms with E-state index in [4.69, 9.17) is 0 Å². The van der Waals surface area contributed by atoms with Crippen molar-refractivity contribution < 1.29 is 4.79 Å². The van der Waals surface area contributed by atoms with Gasteiger partial charge in [-0.15, -0.1) is 0 Å². The molecule has 1 N–H and O–H groups in total. The summed E-state index contributed by atoms with van der Waals surface area (Å²) in [6, 6.07) is 8.47. The molecule has 1 saturated heterocycles. The highest BCUT2D eigenvalue weighted by molar-refractivity contribution is 5.89. The summed E-state index contributed by atoms with van der Waals surface area (Å²) in [6.45, 7) is 4.93. The van der Waals surface area contributed by atoms with Crippen LogP contribution in [0.25, 0.3) is 0 Å². The zero-order valence-electron chi connectivity index (χ0n) is 11.8. The van der Waals surface area contributed by atoms with E-state index in [1.807, 2.05) is 4.90 Å². The standard InChI is InChI=1S/C16H22N2O/c1-3-18-14(13-8-6-7-12(2)11-13)17-16(15(18)19)9-4-5-10-16/h6-8,11,14,17H,3-5,9-10H2,1-2H3. The van der Waals surface area contributed by atoms with E-state index in [-0.39, 0.29) is 11.7 Å². The highest BCUT2D eigenvalue weighted by Gasteiger charge is 2.51. The van der Waals surface area contributed by atoms with Crippen LogP contribution >= 0.6 is 0 Å². The van der Waals surface area contributed by atoms with E-state index in [0.717, 1.165) is 32.2 Å². The largest absolute Gasteiger partial charge is 0.322 e. The van der Waals surface area contributed by atoms with Crippen molar-refractivity contribution in [2.24, 2.45) is 0 Å². The number of benzene rings is 1. The van der Waals surface area contributed by atoms with E-state index in [1.54, 1.807) is 0 Å². The summed E-state index contributed by atoms with van der Waals surface area (Å²) in [4.78, 5) is 14.7. The fourth-order valence-electron chi connectivity index (χ4n) is 3.56. The van der Waals surface area contributed by atoms with Crippen LogP contribution in [0.3, 0.4) is 0 Å². The molecule has 3 rings (SSSR count). The van der Waals surface area contributed by atoms with Crippen molar-refractivity contribution in [3.8, 4) is 0 Å². The molecule has 0 bridgehead atoms. The maximum atomic E-state index is 12.7. The fourth-order valence-corrected chi connectivity index (χ4v) is 3.56. The summed E-state index contributed by atoms with van der Waals surface area (Å²) >= 11 is 0. The van der Waals surface area contributed by atoms with Crippen LogP contribution in [0.2, 0.25) is 0 Å². The lowest BCUT2D eigenvalue weighted by atomic mass is 9.98. The number of hydrogen-bond acceptors (Lipinski definition) is 2. The molecule has 1 aromatic carbocycles. The summed E-state index contributed by atoms with van der Waals surface area (Å²) < 4.78 is 0. The third kappa shape index (κ3) is 1.96. The van der Waals surface area contributed by atoms with Gasteiger partial charge in [-0.3, -0.25) is 10.1 Å². The van der Waals surface area contributed by atoms with Crippen molar-refractivity contribution in [1.29, 1.82) is 0 Å². The highest BCUT2D eigenvalue weighted by Crippen LogP contribution is 2.40. The molecule has 1 aliphatic heterocycles. The van der Waals surface area contributed by atoms with Crippen molar-refractivity contribution >= 4 is 5.91 Å². The van der Waals surface area contributed by atoms with Crippen LogP contribution in [0.5, 0.6) is 0 Å². The first-order valence-corrected chi connectivity index (χ1v) is 7.32. The molecule has 3 heteroatoms. The Kier molecular flexibility index (Phi) is 3.09. The van der Waals surface area contributed by atoms with E-state index >= 15 is 0 Å². The molecule has 1 aliphatic carbocycles. The van der Waals surface area contributed by atoms with Crippen molar-refractivity contribution in [3.63, 3.8) is 0 Å². The minimum atomic E-state index is -0.273. The number of nitrogens with one attached hydrogen (secondary N) is 1. The van der Waals surface area contributed by atoms with Crippen LogP contribution in [-0.2, 0) is 4.79 Å². The van der Waals surface area contributed by atoms with Gasteiger partial charge >= 0.3 is 0 Å². The number of rotatable bonds is 2. The topological polar surface area (TPSA) is 32.3 Å². The summed E-state index contributed by atoms with van der Waals surface area (Å²) in [5.74, 6) is 0.305. The maximum absolute atomic E-state index is 12.7. The first-order valence-electron chi connectivity index (χ1n) is 7.32. The molecule has 1 atom stereocenters. The quantitative estimate of drug-likeness (QED) is 0.884. The third-order valence-corrected chi connectivity index (χ3v) is 4.55. The van der Waals surface area contributed by atoms with E-state index in [0.29, 0.717) is 5.91 Å². The number of carbonyl (C=O) groups is 1. The van der Waals surface area contributed by atoms with Gasteiger partial charge in [0.15, 0.2) is 0 Å². The molecule has 1 aromatic rings. The van der Waals surface area contributed by atoms with Crippen molar-refractivity contribution in [1.82, 2.24) is 10.2 Å². The monoisotopic (exact) mass is 258 g/mol. The van der Waals surface area contributed by atoms with Gasteiger partial charge in [-0.05, 0) is 32.3 Å². The van der Waals surface area contributed by atoms with Crippen LogP contribution in [-0.4, -0.2) is 22.9 Å². The Hall–Kier alpha value is -1.35. The Bertz CT molecular complexity index is 491. The number of nitrogens with zero attached hydrogens (tertiary/aromatic N) is 1. The lowest BCUT2D eigenvalue weighted by molar-refractivity contribution is -0.133. The summed E-state index contributed by atoms with van der Waals surface area (Å²) in [5, 5.41) is 3.64. The second-order valence-corrected chi connectivity index (χ2v) is 5.84. The van der Waals surface area contributed by atoms with E-state index in [1.165, 1.54) is 11.1 Å². The van der Waals surface area contributed by atoms with Crippen molar-refractivity contribution in [2.45, 2.75) is 51.2 Å². The molecule has 1 spiro atoms. The first kappa shape index (κ1) is 12.7. The van der Waals surface area contributed by atoms with Crippen LogP contribution in [0.4, 0.5) is 0 Å². The highest BCUT2D eigenvalue weighted by atomic mass is 16.2. The van der Waals surface area contributed by atoms with Gasteiger partial charge < -0.3 is 4.90 Å². The Labute approximate surface area is 115 Å². The summed E-state index contributed by atoms with van der Waals surface area (Å²) in [5.41, 5.74) is 2.18. The predicted molar refractivity (Wildman–Crippen MR) is 75.6 cm³/mol. The summed E-state index contributed by atoms with van der Waals surface area (Å²) in [7, 11) is 0. The molecule has 1 saturated carbocycles. The maximum Gasteiger partial charge on any atom is 0.244 e. The normalized spacial score (nSPS) is 25.5. The number of likely N-dealkylation sites (N-methyl/N-ethyl adjacent to an activating group) is 1. The number of amides is 1. The molecule has 2 fully saturated rings. The zero-order valence-corrected chi connectivity index (χ0v) is 11.8. The molecule has 1 heterocycles. The van der Waals surface area contributed by atoms with Gasteiger partial charge in [-0.25, -0.2) is 0 Å². The van der Waals surface area contributed by atoms with Crippen LogP contribution in [0.15, 0.2) is 24.3 Å². The Morgan fingerprint density at radius 2 is 2.11 bits per heavy atom. The number of aryl methyl sites for hydroxylation is 1. The van der Waals surface area contributed by atoms with Crippen molar-refractivity contribution in [2.75, 3.05) is 6.54 Å². The minimum absolute atomic E-state index is 0.0514. The number of hydrogen-bond donors (Lipinski definition) is 1. The molecule has 1 amide bonds. The van der Waals surface area contributed by atoms with E-state index in [2.05, 4.69) is 43.4 Å². The molecular formula is C16H22N2O. The van der Waals surface area contributed by atoms with Crippen LogP contribution < -0.4 is 5.32 Å². The smallest absolute Gasteiger partial charge is 0.244 e. The van der Waals surface area contributed by atoms with Crippen LogP contribution in [0, 0.1) is 6.92 Å². The van der Waals surface area contributed by atoms with Gasteiger partial charge in [0.2, 0.25) is 5.91 Å². The lowest BCUT2D eigenvalue weighted by Crippen LogP contribution is -2.44. The molecule has 2 aliphatic rings.